The first-order valence-corrected chi connectivity index (χ1v) is 9.17. The van der Waals surface area contributed by atoms with Crippen molar-refractivity contribution in [3.8, 4) is 5.75 Å². The number of hydrogen-bond donors (Lipinski definition) is 1. The summed E-state index contributed by atoms with van der Waals surface area (Å²) >= 11 is 5.48. The van der Waals surface area contributed by atoms with Crippen molar-refractivity contribution in [2.24, 2.45) is 0 Å². The number of nitrogens with one attached hydrogen (secondary N) is 1. The molecule has 0 heterocycles. The number of nitrogens with zero attached hydrogens (tertiary/aromatic N) is 1. The zero-order valence-electron chi connectivity index (χ0n) is 15.8. The highest BCUT2D eigenvalue weighted by atomic mass is 32.1. The molecule has 138 valence electrons. The van der Waals surface area contributed by atoms with E-state index in [0.29, 0.717) is 10.7 Å². The second-order valence-corrected chi connectivity index (χ2v) is 6.70. The lowest BCUT2D eigenvalue weighted by Gasteiger charge is -2.30. The summed E-state index contributed by atoms with van der Waals surface area (Å²) in [6, 6.07) is 15.6. The number of benzene rings is 2. The van der Waals surface area contributed by atoms with Crippen LogP contribution >= 0.6 is 12.2 Å². The Balaban J connectivity index is 1.99. The van der Waals surface area contributed by atoms with Gasteiger partial charge in [-0.1, -0.05) is 29.8 Å². The summed E-state index contributed by atoms with van der Waals surface area (Å²) in [5.74, 6) is 0.666. The predicted octanol–water partition coefficient (Wildman–Crippen LogP) is 3.97. The van der Waals surface area contributed by atoms with E-state index in [-0.39, 0.29) is 11.9 Å². The van der Waals surface area contributed by atoms with Gasteiger partial charge in [-0.25, -0.2) is 0 Å². The maximum atomic E-state index is 12.4. The molecule has 5 heteroatoms. The molecule has 26 heavy (non-hydrogen) atoms. The SMILES string of the molecule is CCN(C(=S)NC(=O)c1ccc(C)cc1)C(C)Cc1ccc(OC)cc1. The molecular weight excluding hydrogens is 344 g/mol. The molecule has 1 atom stereocenters. The van der Waals surface area contributed by atoms with E-state index in [1.807, 2.05) is 55.1 Å². The summed E-state index contributed by atoms with van der Waals surface area (Å²) < 4.78 is 5.20. The fourth-order valence-electron chi connectivity index (χ4n) is 2.81. The summed E-state index contributed by atoms with van der Waals surface area (Å²) in [6.07, 6.45) is 0.832. The van der Waals surface area contributed by atoms with Crippen molar-refractivity contribution in [3.63, 3.8) is 0 Å². The van der Waals surface area contributed by atoms with Gasteiger partial charge in [-0.3, -0.25) is 10.1 Å². The van der Waals surface area contributed by atoms with E-state index in [4.69, 9.17) is 17.0 Å². The maximum absolute atomic E-state index is 12.4. The lowest BCUT2D eigenvalue weighted by molar-refractivity contribution is 0.0972. The Kier molecular flexibility index (Phi) is 7.16. The third kappa shape index (κ3) is 5.30. The Morgan fingerprint density at radius 1 is 1.15 bits per heavy atom. The van der Waals surface area contributed by atoms with Crippen LogP contribution in [0.15, 0.2) is 48.5 Å². The van der Waals surface area contributed by atoms with Crippen molar-refractivity contribution in [1.29, 1.82) is 0 Å². The molecule has 2 aromatic rings. The van der Waals surface area contributed by atoms with Gasteiger partial charge >= 0.3 is 0 Å². The van der Waals surface area contributed by atoms with Crippen LogP contribution in [0.1, 0.15) is 35.3 Å². The molecule has 1 N–H and O–H groups in total. The molecule has 0 aliphatic heterocycles. The van der Waals surface area contributed by atoms with Crippen molar-refractivity contribution in [3.05, 3.63) is 65.2 Å². The molecule has 2 rings (SSSR count). The van der Waals surface area contributed by atoms with E-state index in [1.165, 1.54) is 5.56 Å². The lowest BCUT2D eigenvalue weighted by Crippen LogP contribution is -2.47. The molecule has 0 aromatic heterocycles. The highest BCUT2D eigenvalue weighted by Crippen LogP contribution is 2.15. The van der Waals surface area contributed by atoms with Crippen molar-refractivity contribution in [1.82, 2.24) is 10.2 Å². The second-order valence-electron chi connectivity index (χ2n) is 6.31. The Morgan fingerprint density at radius 2 is 1.77 bits per heavy atom. The van der Waals surface area contributed by atoms with Gasteiger partial charge in [0.2, 0.25) is 0 Å². The minimum atomic E-state index is -0.176. The summed E-state index contributed by atoms with van der Waals surface area (Å²) in [6.45, 7) is 6.86. The third-order valence-corrected chi connectivity index (χ3v) is 4.69. The van der Waals surface area contributed by atoms with Gasteiger partial charge in [0.25, 0.3) is 5.91 Å². The molecule has 0 bridgehead atoms. The van der Waals surface area contributed by atoms with Gasteiger partial charge in [0, 0.05) is 18.2 Å². The summed E-state index contributed by atoms with van der Waals surface area (Å²) in [5.41, 5.74) is 2.92. The van der Waals surface area contributed by atoms with E-state index in [9.17, 15) is 4.79 Å². The highest BCUT2D eigenvalue weighted by Gasteiger charge is 2.18. The Hall–Kier alpha value is -2.40. The van der Waals surface area contributed by atoms with Gasteiger partial charge in [-0.05, 0) is 69.2 Å². The fraction of sp³-hybridized carbons (Fsp3) is 0.333. The van der Waals surface area contributed by atoms with Gasteiger partial charge in [0.05, 0.1) is 7.11 Å². The third-order valence-electron chi connectivity index (χ3n) is 4.36. The first kappa shape index (κ1) is 19.9. The van der Waals surface area contributed by atoms with Gasteiger partial charge < -0.3 is 9.64 Å². The van der Waals surface area contributed by atoms with E-state index in [0.717, 1.165) is 24.3 Å². The average Bonchev–Trinajstić information content (AvgIpc) is 2.63. The van der Waals surface area contributed by atoms with Crippen LogP contribution in [-0.4, -0.2) is 35.6 Å². The molecule has 0 aliphatic rings. The van der Waals surface area contributed by atoms with E-state index < -0.39 is 0 Å². The van der Waals surface area contributed by atoms with E-state index in [2.05, 4.69) is 24.4 Å². The number of hydrogen-bond acceptors (Lipinski definition) is 3. The molecule has 1 amide bonds. The van der Waals surface area contributed by atoms with Crippen LogP contribution in [0.5, 0.6) is 5.75 Å². The molecule has 0 saturated heterocycles. The normalized spacial score (nSPS) is 11.5. The van der Waals surface area contributed by atoms with Crippen LogP contribution in [0.2, 0.25) is 0 Å². The van der Waals surface area contributed by atoms with E-state index in [1.54, 1.807) is 7.11 Å². The quantitative estimate of drug-likeness (QED) is 0.781. The second kappa shape index (κ2) is 9.34. The van der Waals surface area contributed by atoms with E-state index >= 15 is 0 Å². The average molecular weight is 371 g/mol. The van der Waals surface area contributed by atoms with Crippen molar-refractivity contribution < 1.29 is 9.53 Å². The first-order valence-electron chi connectivity index (χ1n) is 8.76. The molecule has 2 aromatic carbocycles. The Labute approximate surface area is 161 Å². The number of carbonyl (C=O) groups is 1. The minimum Gasteiger partial charge on any atom is -0.497 e. The lowest BCUT2D eigenvalue weighted by atomic mass is 10.1. The van der Waals surface area contributed by atoms with Crippen LogP contribution in [0.4, 0.5) is 0 Å². The number of aryl methyl sites for hydroxylation is 1. The fourth-order valence-corrected chi connectivity index (χ4v) is 3.22. The van der Waals surface area contributed by atoms with Gasteiger partial charge in [0.1, 0.15) is 5.75 Å². The first-order chi connectivity index (χ1) is 12.4. The van der Waals surface area contributed by atoms with Crippen LogP contribution in [0, 0.1) is 6.92 Å². The molecule has 0 spiro atoms. The number of carbonyl (C=O) groups excluding carboxylic acids is 1. The molecule has 4 nitrogen and oxygen atoms in total. The minimum absolute atomic E-state index is 0.166. The van der Waals surface area contributed by atoms with Crippen molar-refractivity contribution in [2.75, 3.05) is 13.7 Å². The zero-order valence-corrected chi connectivity index (χ0v) is 16.6. The number of likely N-dealkylation sites (N-methyl/N-ethyl adjacent to an activating group) is 1. The Bertz CT molecular complexity index is 742. The molecule has 0 radical (unpaired) electrons. The Morgan fingerprint density at radius 3 is 2.31 bits per heavy atom. The van der Waals surface area contributed by atoms with Crippen LogP contribution in [-0.2, 0) is 6.42 Å². The molecular formula is C21H26N2O2S. The number of thiocarbonyl (C=S) groups is 1. The zero-order chi connectivity index (χ0) is 19.1. The standard InChI is InChI=1S/C21H26N2O2S/c1-5-23(16(3)14-17-8-12-19(25-4)13-9-17)21(26)22-20(24)18-10-6-15(2)7-11-18/h6-13,16H,5,14H2,1-4H3,(H,22,24,26). The van der Waals surface area contributed by atoms with Gasteiger partial charge in [0.15, 0.2) is 5.11 Å². The maximum Gasteiger partial charge on any atom is 0.257 e. The summed E-state index contributed by atoms with van der Waals surface area (Å²) in [5, 5.41) is 3.31. The molecule has 0 aliphatic carbocycles. The molecule has 1 unspecified atom stereocenters. The largest absolute Gasteiger partial charge is 0.497 e. The summed E-state index contributed by atoms with van der Waals surface area (Å²) in [7, 11) is 1.66. The number of rotatable bonds is 6. The van der Waals surface area contributed by atoms with Crippen LogP contribution in [0.3, 0.4) is 0 Å². The van der Waals surface area contributed by atoms with Crippen LogP contribution < -0.4 is 10.1 Å². The number of ether oxygens (including phenoxy) is 1. The monoisotopic (exact) mass is 370 g/mol. The van der Waals surface area contributed by atoms with Gasteiger partial charge in [-0.15, -0.1) is 0 Å². The van der Waals surface area contributed by atoms with Crippen molar-refractivity contribution in [2.45, 2.75) is 33.2 Å². The molecule has 0 fully saturated rings. The number of amides is 1. The highest BCUT2D eigenvalue weighted by molar-refractivity contribution is 7.80. The predicted molar refractivity (Wildman–Crippen MR) is 110 cm³/mol. The van der Waals surface area contributed by atoms with Crippen LogP contribution in [0.25, 0.3) is 0 Å². The number of methoxy groups -OCH3 is 1. The topological polar surface area (TPSA) is 41.6 Å². The smallest absolute Gasteiger partial charge is 0.257 e. The molecule has 0 saturated carbocycles. The van der Waals surface area contributed by atoms with Crippen molar-refractivity contribution >= 4 is 23.2 Å². The van der Waals surface area contributed by atoms with Gasteiger partial charge in [-0.2, -0.15) is 0 Å². The summed E-state index contributed by atoms with van der Waals surface area (Å²) in [4.78, 5) is 14.4.